The largest absolute Gasteiger partial charge is 0.354 e. The molecule has 4 nitrogen and oxygen atoms in total. The number of hydrogen-bond acceptors (Lipinski definition) is 3. The standard InChI is InChI=1S/C12H16N2O2/c13-11(12(16)14-7-4-8-15)9-10-5-2-1-3-6-10/h1-3,5-6,8,11H,4,7,9,13H2,(H,14,16). The molecule has 16 heavy (non-hydrogen) atoms. The summed E-state index contributed by atoms with van der Waals surface area (Å²) in [6, 6.07) is 9.03. The third-order valence-corrected chi connectivity index (χ3v) is 2.20. The smallest absolute Gasteiger partial charge is 0.237 e. The monoisotopic (exact) mass is 220 g/mol. The lowest BCUT2D eigenvalue weighted by Gasteiger charge is -2.11. The van der Waals surface area contributed by atoms with Gasteiger partial charge in [0.2, 0.25) is 5.91 Å². The molecule has 0 spiro atoms. The van der Waals surface area contributed by atoms with Gasteiger partial charge in [-0.05, 0) is 12.0 Å². The molecule has 0 aliphatic heterocycles. The quantitative estimate of drug-likeness (QED) is 0.533. The van der Waals surface area contributed by atoms with Gasteiger partial charge >= 0.3 is 0 Å². The number of carbonyl (C=O) groups excluding carboxylic acids is 2. The molecule has 3 N–H and O–H groups in total. The minimum atomic E-state index is -0.561. The predicted octanol–water partition coefficient (Wildman–Crippen LogP) is 0.262. The lowest BCUT2D eigenvalue weighted by Crippen LogP contribution is -2.42. The third kappa shape index (κ3) is 4.23. The van der Waals surface area contributed by atoms with Gasteiger partial charge in [-0.1, -0.05) is 30.3 Å². The maximum Gasteiger partial charge on any atom is 0.237 e. The summed E-state index contributed by atoms with van der Waals surface area (Å²) in [5.41, 5.74) is 6.76. The molecule has 1 atom stereocenters. The number of aldehydes is 1. The molecule has 0 aromatic heterocycles. The summed E-state index contributed by atoms with van der Waals surface area (Å²) in [5, 5.41) is 2.61. The molecule has 0 aliphatic carbocycles. The Labute approximate surface area is 94.8 Å². The number of rotatable bonds is 6. The third-order valence-electron chi connectivity index (χ3n) is 2.20. The van der Waals surface area contributed by atoms with E-state index in [0.29, 0.717) is 19.4 Å². The van der Waals surface area contributed by atoms with Crippen LogP contribution in [0.2, 0.25) is 0 Å². The fourth-order valence-electron chi connectivity index (χ4n) is 1.35. The van der Waals surface area contributed by atoms with Crippen molar-refractivity contribution in [1.82, 2.24) is 5.32 Å². The van der Waals surface area contributed by atoms with Crippen molar-refractivity contribution in [2.75, 3.05) is 6.54 Å². The van der Waals surface area contributed by atoms with Crippen LogP contribution in [0, 0.1) is 0 Å². The van der Waals surface area contributed by atoms with E-state index in [9.17, 15) is 9.59 Å². The number of carbonyl (C=O) groups is 2. The van der Waals surface area contributed by atoms with Crippen molar-refractivity contribution in [2.24, 2.45) is 5.73 Å². The average molecular weight is 220 g/mol. The fourth-order valence-corrected chi connectivity index (χ4v) is 1.35. The Morgan fingerprint density at radius 3 is 2.69 bits per heavy atom. The first kappa shape index (κ1) is 12.4. The Balaban J connectivity index is 2.37. The normalized spacial score (nSPS) is 11.8. The average Bonchev–Trinajstić information content (AvgIpc) is 2.30. The van der Waals surface area contributed by atoms with Crippen molar-refractivity contribution >= 4 is 12.2 Å². The molecule has 4 heteroatoms. The zero-order valence-electron chi connectivity index (χ0n) is 9.06. The molecule has 0 aliphatic rings. The summed E-state index contributed by atoms with van der Waals surface area (Å²) < 4.78 is 0. The Hall–Kier alpha value is -1.68. The van der Waals surface area contributed by atoms with Gasteiger partial charge < -0.3 is 15.8 Å². The van der Waals surface area contributed by atoms with E-state index in [-0.39, 0.29) is 5.91 Å². The second-order valence-electron chi connectivity index (χ2n) is 3.54. The molecule has 0 heterocycles. The van der Waals surface area contributed by atoms with Gasteiger partial charge in [0.05, 0.1) is 6.04 Å². The zero-order valence-corrected chi connectivity index (χ0v) is 9.06. The highest BCUT2D eigenvalue weighted by molar-refractivity contribution is 5.81. The lowest BCUT2D eigenvalue weighted by molar-refractivity contribution is -0.122. The summed E-state index contributed by atoms with van der Waals surface area (Å²) in [4.78, 5) is 21.5. The molecule has 0 radical (unpaired) electrons. The van der Waals surface area contributed by atoms with Gasteiger partial charge in [-0.3, -0.25) is 4.79 Å². The summed E-state index contributed by atoms with van der Waals surface area (Å²) in [7, 11) is 0. The first-order chi connectivity index (χ1) is 7.74. The molecule has 1 aromatic rings. The Kier molecular flexibility index (Phi) is 5.22. The first-order valence-corrected chi connectivity index (χ1v) is 5.25. The molecule has 0 saturated heterocycles. The van der Waals surface area contributed by atoms with E-state index in [4.69, 9.17) is 5.73 Å². The van der Waals surface area contributed by atoms with Gasteiger partial charge in [0.1, 0.15) is 6.29 Å². The highest BCUT2D eigenvalue weighted by Crippen LogP contribution is 2.01. The minimum absolute atomic E-state index is 0.217. The highest BCUT2D eigenvalue weighted by Gasteiger charge is 2.12. The Morgan fingerprint density at radius 2 is 2.06 bits per heavy atom. The maximum atomic E-state index is 11.5. The van der Waals surface area contributed by atoms with Crippen LogP contribution in [-0.4, -0.2) is 24.8 Å². The number of benzene rings is 1. The predicted molar refractivity (Wildman–Crippen MR) is 61.8 cm³/mol. The lowest BCUT2D eigenvalue weighted by atomic mass is 10.1. The van der Waals surface area contributed by atoms with Crippen molar-refractivity contribution in [3.8, 4) is 0 Å². The molecule has 0 fully saturated rings. The second kappa shape index (κ2) is 6.74. The molecule has 1 unspecified atom stereocenters. The van der Waals surface area contributed by atoms with Crippen molar-refractivity contribution < 1.29 is 9.59 Å². The number of nitrogens with two attached hydrogens (primary N) is 1. The molecule has 86 valence electrons. The van der Waals surface area contributed by atoms with Crippen LogP contribution in [0.15, 0.2) is 30.3 Å². The van der Waals surface area contributed by atoms with Gasteiger partial charge in [0.15, 0.2) is 0 Å². The first-order valence-electron chi connectivity index (χ1n) is 5.25. The van der Waals surface area contributed by atoms with Crippen LogP contribution in [0.1, 0.15) is 12.0 Å². The molecular formula is C12H16N2O2. The fraction of sp³-hybridized carbons (Fsp3) is 0.333. The second-order valence-corrected chi connectivity index (χ2v) is 3.54. The van der Waals surface area contributed by atoms with Crippen molar-refractivity contribution in [1.29, 1.82) is 0 Å². The maximum absolute atomic E-state index is 11.5. The molecule has 1 rings (SSSR count). The van der Waals surface area contributed by atoms with Gasteiger partial charge in [0.25, 0.3) is 0 Å². The molecular weight excluding hydrogens is 204 g/mol. The van der Waals surface area contributed by atoms with Crippen molar-refractivity contribution in [2.45, 2.75) is 18.9 Å². The van der Waals surface area contributed by atoms with Gasteiger partial charge in [-0.25, -0.2) is 0 Å². The summed E-state index contributed by atoms with van der Waals surface area (Å²) in [6.07, 6.45) is 1.60. The van der Waals surface area contributed by atoms with E-state index in [1.165, 1.54) is 0 Å². The Bertz CT molecular complexity index is 338. The van der Waals surface area contributed by atoms with Crippen LogP contribution in [0.25, 0.3) is 0 Å². The van der Waals surface area contributed by atoms with E-state index < -0.39 is 6.04 Å². The van der Waals surface area contributed by atoms with Crippen LogP contribution >= 0.6 is 0 Å². The van der Waals surface area contributed by atoms with Crippen molar-refractivity contribution in [3.05, 3.63) is 35.9 Å². The van der Waals surface area contributed by atoms with E-state index in [1.807, 2.05) is 30.3 Å². The minimum Gasteiger partial charge on any atom is -0.354 e. The van der Waals surface area contributed by atoms with Gasteiger partial charge in [-0.2, -0.15) is 0 Å². The summed E-state index contributed by atoms with van der Waals surface area (Å²) >= 11 is 0. The van der Waals surface area contributed by atoms with Crippen LogP contribution in [0.3, 0.4) is 0 Å². The topological polar surface area (TPSA) is 72.2 Å². The summed E-state index contributed by atoms with van der Waals surface area (Å²) in [6.45, 7) is 0.352. The van der Waals surface area contributed by atoms with E-state index in [0.717, 1.165) is 11.8 Å². The van der Waals surface area contributed by atoms with Gasteiger partial charge in [-0.15, -0.1) is 0 Å². The highest BCUT2D eigenvalue weighted by atomic mass is 16.2. The van der Waals surface area contributed by atoms with Gasteiger partial charge in [0, 0.05) is 13.0 Å². The van der Waals surface area contributed by atoms with E-state index in [2.05, 4.69) is 5.32 Å². The zero-order chi connectivity index (χ0) is 11.8. The molecule has 1 aromatic carbocycles. The Morgan fingerprint density at radius 1 is 1.38 bits per heavy atom. The van der Waals surface area contributed by atoms with Crippen LogP contribution in [0.5, 0.6) is 0 Å². The SMILES string of the molecule is NC(Cc1ccccc1)C(=O)NCCC=O. The molecule has 0 saturated carbocycles. The summed E-state index contributed by atoms with van der Waals surface area (Å²) in [5.74, 6) is -0.217. The van der Waals surface area contributed by atoms with Crippen LogP contribution in [0.4, 0.5) is 0 Å². The number of hydrogen-bond donors (Lipinski definition) is 2. The van der Waals surface area contributed by atoms with Crippen LogP contribution in [-0.2, 0) is 16.0 Å². The molecule has 1 amide bonds. The number of amides is 1. The van der Waals surface area contributed by atoms with E-state index >= 15 is 0 Å². The number of nitrogens with one attached hydrogen (secondary N) is 1. The van der Waals surface area contributed by atoms with Crippen molar-refractivity contribution in [3.63, 3.8) is 0 Å². The molecule has 0 bridgehead atoms. The van der Waals surface area contributed by atoms with E-state index in [1.54, 1.807) is 0 Å². The van der Waals surface area contributed by atoms with Crippen LogP contribution < -0.4 is 11.1 Å².